The van der Waals surface area contributed by atoms with Crippen LogP contribution in [0.25, 0.3) is 0 Å². The van der Waals surface area contributed by atoms with Crippen LogP contribution in [0.2, 0.25) is 10.0 Å². The highest BCUT2D eigenvalue weighted by Crippen LogP contribution is 2.62. The fraction of sp³-hybridized carbons (Fsp3) is 0.667. The van der Waals surface area contributed by atoms with Crippen molar-refractivity contribution in [2.45, 2.75) is 51.0 Å². The third-order valence-corrected chi connectivity index (χ3v) is 6.93. The summed E-state index contributed by atoms with van der Waals surface area (Å²) >= 11 is 12.2. The zero-order valence-electron chi connectivity index (χ0n) is 12.3. The number of hydrogen-bond donors (Lipinski definition) is 1. The summed E-state index contributed by atoms with van der Waals surface area (Å²) in [5.41, 5.74) is 8.19. The minimum absolute atomic E-state index is 0.0935. The van der Waals surface area contributed by atoms with Crippen molar-refractivity contribution < 1.29 is 0 Å². The van der Waals surface area contributed by atoms with Crippen molar-refractivity contribution in [2.75, 3.05) is 0 Å². The number of rotatable bonds is 3. The zero-order chi connectivity index (χ0) is 14.6. The zero-order valence-corrected chi connectivity index (χ0v) is 13.8. The van der Waals surface area contributed by atoms with Crippen molar-refractivity contribution in [2.24, 2.45) is 28.9 Å². The van der Waals surface area contributed by atoms with E-state index >= 15 is 0 Å². The molecule has 0 radical (unpaired) electrons. The molecular weight excluding hydrogens is 301 g/mol. The van der Waals surface area contributed by atoms with Gasteiger partial charge in [-0.2, -0.15) is 0 Å². The van der Waals surface area contributed by atoms with Gasteiger partial charge in [0.05, 0.1) is 10.0 Å². The van der Waals surface area contributed by atoms with Gasteiger partial charge >= 0.3 is 0 Å². The van der Waals surface area contributed by atoms with Gasteiger partial charge in [-0.25, -0.2) is 0 Å². The molecule has 0 heterocycles. The Hall–Kier alpha value is -0.240. The SMILES string of the molecule is NC(CC12CC3CC(CC(C3)C1)C2)c1ccc(Cl)c(Cl)c1. The summed E-state index contributed by atoms with van der Waals surface area (Å²) < 4.78 is 0. The molecule has 0 amide bonds. The summed E-state index contributed by atoms with van der Waals surface area (Å²) in [6, 6.07) is 5.96. The molecule has 1 aromatic carbocycles. The van der Waals surface area contributed by atoms with Crippen molar-refractivity contribution in [3.8, 4) is 0 Å². The quantitative estimate of drug-likeness (QED) is 0.769. The fourth-order valence-corrected chi connectivity index (χ4v) is 6.17. The molecule has 1 aromatic rings. The van der Waals surface area contributed by atoms with Crippen molar-refractivity contribution >= 4 is 23.2 Å². The van der Waals surface area contributed by atoms with Gasteiger partial charge in [-0.05, 0) is 85.8 Å². The second-order valence-electron chi connectivity index (χ2n) is 7.90. The number of nitrogens with two attached hydrogens (primary N) is 1. The van der Waals surface area contributed by atoms with Crippen molar-refractivity contribution in [3.05, 3.63) is 33.8 Å². The van der Waals surface area contributed by atoms with E-state index in [2.05, 4.69) is 0 Å². The third kappa shape index (κ3) is 2.62. The molecule has 4 bridgehead atoms. The van der Waals surface area contributed by atoms with Gasteiger partial charge in [-0.15, -0.1) is 0 Å². The van der Waals surface area contributed by atoms with Crippen LogP contribution < -0.4 is 5.73 Å². The fourth-order valence-electron chi connectivity index (χ4n) is 5.87. The van der Waals surface area contributed by atoms with Crippen LogP contribution in [0.5, 0.6) is 0 Å². The molecule has 3 heteroatoms. The predicted octanol–water partition coefficient (Wildman–Crippen LogP) is 5.60. The van der Waals surface area contributed by atoms with Crippen LogP contribution in [0.3, 0.4) is 0 Å². The minimum Gasteiger partial charge on any atom is -0.324 e. The monoisotopic (exact) mass is 323 g/mol. The van der Waals surface area contributed by atoms with Gasteiger partial charge in [0.25, 0.3) is 0 Å². The van der Waals surface area contributed by atoms with E-state index in [0.717, 1.165) is 29.7 Å². The number of benzene rings is 1. The Morgan fingerprint density at radius 2 is 1.57 bits per heavy atom. The Bertz CT molecular complexity index is 519. The first-order valence-electron chi connectivity index (χ1n) is 8.23. The average Bonchev–Trinajstić information content (AvgIpc) is 2.39. The molecule has 0 saturated heterocycles. The minimum atomic E-state index is 0.0935. The highest BCUT2D eigenvalue weighted by molar-refractivity contribution is 6.42. The maximum absolute atomic E-state index is 6.53. The highest BCUT2D eigenvalue weighted by Gasteiger charge is 2.51. The van der Waals surface area contributed by atoms with E-state index in [1.807, 2.05) is 18.2 Å². The molecule has 0 aromatic heterocycles. The normalized spacial score (nSPS) is 38.7. The molecule has 1 nitrogen and oxygen atoms in total. The van der Waals surface area contributed by atoms with Crippen LogP contribution in [0.15, 0.2) is 18.2 Å². The molecule has 21 heavy (non-hydrogen) atoms. The van der Waals surface area contributed by atoms with Crippen molar-refractivity contribution in [1.82, 2.24) is 0 Å². The van der Waals surface area contributed by atoms with E-state index in [1.54, 1.807) is 0 Å². The second-order valence-corrected chi connectivity index (χ2v) is 8.72. The van der Waals surface area contributed by atoms with E-state index in [4.69, 9.17) is 28.9 Å². The van der Waals surface area contributed by atoms with Crippen LogP contribution in [-0.2, 0) is 0 Å². The van der Waals surface area contributed by atoms with Gasteiger partial charge in [-0.1, -0.05) is 29.3 Å². The lowest BCUT2D eigenvalue weighted by Gasteiger charge is -2.57. The third-order valence-electron chi connectivity index (χ3n) is 6.19. The summed E-state index contributed by atoms with van der Waals surface area (Å²) in [4.78, 5) is 0. The number of hydrogen-bond acceptors (Lipinski definition) is 1. The molecule has 0 aliphatic heterocycles. The molecule has 5 rings (SSSR count). The molecule has 1 unspecified atom stereocenters. The Morgan fingerprint density at radius 3 is 2.10 bits per heavy atom. The average molecular weight is 324 g/mol. The lowest BCUT2D eigenvalue weighted by atomic mass is 9.48. The van der Waals surface area contributed by atoms with E-state index in [0.29, 0.717) is 15.5 Å². The van der Waals surface area contributed by atoms with Gasteiger partial charge in [0.15, 0.2) is 0 Å². The molecule has 0 spiro atoms. The maximum Gasteiger partial charge on any atom is 0.0595 e. The Morgan fingerprint density at radius 1 is 1.00 bits per heavy atom. The predicted molar refractivity (Wildman–Crippen MR) is 88.6 cm³/mol. The summed E-state index contributed by atoms with van der Waals surface area (Å²) in [7, 11) is 0. The van der Waals surface area contributed by atoms with Crippen LogP contribution in [0, 0.1) is 23.2 Å². The van der Waals surface area contributed by atoms with Crippen molar-refractivity contribution in [1.29, 1.82) is 0 Å². The lowest BCUT2D eigenvalue weighted by Crippen LogP contribution is -2.47. The van der Waals surface area contributed by atoms with Crippen LogP contribution in [0.1, 0.15) is 56.6 Å². The van der Waals surface area contributed by atoms with E-state index in [1.165, 1.54) is 38.5 Å². The smallest absolute Gasteiger partial charge is 0.0595 e. The van der Waals surface area contributed by atoms with E-state index in [9.17, 15) is 0 Å². The molecular formula is C18H23Cl2N. The largest absolute Gasteiger partial charge is 0.324 e. The second kappa shape index (κ2) is 5.15. The first kappa shape index (κ1) is 14.4. The maximum atomic E-state index is 6.53. The lowest BCUT2D eigenvalue weighted by molar-refractivity contribution is -0.0605. The van der Waals surface area contributed by atoms with Crippen LogP contribution >= 0.6 is 23.2 Å². The van der Waals surface area contributed by atoms with Crippen LogP contribution in [-0.4, -0.2) is 0 Å². The van der Waals surface area contributed by atoms with Crippen LogP contribution in [0.4, 0.5) is 0 Å². The van der Waals surface area contributed by atoms with Gasteiger partial charge in [0, 0.05) is 6.04 Å². The Balaban J connectivity index is 1.53. The first-order valence-corrected chi connectivity index (χ1v) is 8.99. The molecule has 4 fully saturated rings. The van der Waals surface area contributed by atoms with Gasteiger partial charge in [0.1, 0.15) is 0 Å². The molecule has 4 aliphatic carbocycles. The molecule has 4 saturated carbocycles. The standard InChI is InChI=1S/C18H23Cl2N/c19-15-2-1-14(6-16(15)20)17(21)10-18-7-11-3-12(8-18)5-13(4-11)9-18/h1-2,6,11-13,17H,3-5,7-10,21H2. The molecule has 4 aliphatic rings. The summed E-state index contributed by atoms with van der Waals surface area (Å²) in [6.45, 7) is 0. The van der Waals surface area contributed by atoms with Crippen molar-refractivity contribution in [3.63, 3.8) is 0 Å². The molecule has 1 atom stereocenters. The topological polar surface area (TPSA) is 26.0 Å². The Kier molecular flexibility index (Phi) is 3.52. The number of halogens is 2. The highest BCUT2D eigenvalue weighted by atomic mass is 35.5. The Labute approximate surface area is 137 Å². The van der Waals surface area contributed by atoms with Gasteiger partial charge in [-0.3, -0.25) is 0 Å². The molecule has 114 valence electrons. The van der Waals surface area contributed by atoms with E-state index in [-0.39, 0.29) is 6.04 Å². The van der Waals surface area contributed by atoms with E-state index < -0.39 is 0 Å². The van der Waals surface area contributed by atoms with Gasteiger partial charge in [0.2, 0.25) is 0 Å². The van der Waals surface area contributed by atoms with Gasteiger partial charge < -0.3 is 5.73 Å². The summed E-state index contributed by atoms with van der Waals surface area (Å²) in [6.07, 6.45) is 9.81. The summed E-state index contributed by atoms with van der Waals surface area (Å²) in [5, 5.41) is 1.23. The molecule has 2 N–H and O–H groups in total. The first-order chi connectivity index (χ1) is 10.0. The summed E-state index contributed by atoms with van der Waals surface area (Å²) in [5.74, 6) is 2.95.